The Morgan fingerprint density at radius 1 is 0.574 bits per heavy atom. The van der Waals surface area contributed by atoms with Gasteiger partial charge in [-0.05, 0) is 100 Å². The van der Waals surface area contributed by atoms with Crippen LogP contribution in [-0.2, 0) is 9.47 Å². The van der Waals surface area contributed by atoms with Gasteiger partial charge in [0, 0.05) is 45.3 Å². The number of benzene rings is 2. The summed E-state index contributed by atoms with van der Waals surface area (Å²) < 4.78 is 10.0. The van der Waals surface area contributed by atoms with E-state index in [1.54, 1.807) is 38.1 Å². The van der Waals surface area contributed by atoms with Crippen molar-refractivity contribution in [3.05, 3.63) is 139 Å². The number of ether oxygens (including phenoxy) is 2. The summed E-state index contributed by atoms with van der Waals surface area (Å²) >= 11 is 0. The van der Waals surface area contributed by atoms with E-state index < -0.39 is 23.8 Å². The smallest absolute Gasteiger partial charge is 0.337 e. The van der Waals surface area contributed by atoms with Crippen LogP contribution >= 0.6 is 0 Å². The molecule has 5 rings (SSSR count). The summed E-state index contributed by atoms with van der Waals surface area (Å²) in [6.07, 6.45) is 0. The highest BCUT2D eigenvalue weighted by Gasteiger charge is 2.30. The summed E-state index contributed by atoms with van der Waals surface area (Å²) in [6, 6.07) is 18.5. The molecule has 2 unspecified atom stereocenters. The average Bonchev–Trinajstić information content (AvgIpc) is 3.72. The first-order valence-corrected chi connectivity index (χ1v) is 15.3. The molecule has 2 atom stereocenters. The van der Waals surface area contributed by atoms with Gasteiger partial charge in [-0.15, -0.1) is 0 Å². The van der Waals surface area contributed by atoms with Crippen LogP contribution in [0.5, 0.6) is 0 Å². The number of Topliss-reactive ketones (excluding diaryl/α,β-unsaturated/α-hetero) is 2. The van der Waals surface area contributed by atoms with Crippen molar-refractivity contribution in [1.82, 2.24) is 15.0 Å². The van der Waals surface area contributed by atoms with E-state index in [9.17, 15) is 19.2 Å². The van der Waals surface area contributed by atoms with Crippen molar-refractivity contribution in [1.29, 1.82) is 0 Å². The van der Waals surface area contributed by atoms with Crippen LogP contribution < -0.4 is 0 Å². The number of hydrogen-bond acceptors (Lipinski definition) is 6. The number of aryl methyl sites for hydroxylation is 2. The lowest BCUT2D eigenvalue weighted by atomic mass is 9.88. The molecule has 5 aromatic rings. The van der Waals surface area contributed by atoms with E-state index in [-0.39, 0.29) is 11.6 Å². The number of nitrogens with one attached hydrogen (secondary N) is 3. The summed E-state index contributed by atoms with van der Waals surface area (Å²) in [6.45, 7) is 10.7. The van der Waals surface area contributed by atoms with Gasteiger partial charge in [0.1, 0.15) is 0 Å². The summed E-state index contributed by atoms with van der Waals surface area (Å²) in [5.74, 6) is -1.82. The molecule has 0 radical (unpaired) electrons. The second kappa shape index (κ2) is 13.1. The van der Waals surface area contributed by atoms with Gasteiger partial charge in [-0.1, -0.05) is 24.3 Å². The van der Waals surface area contributed by atoms with Crippen LogP contribution in [0.4, 0.5) is 0 Å². The Morgan fingerprint density at radius 3 is 1.28 bits per heavy atom. The van der Waals surface area contributed by atoms with Crippen LogP contribution in [0.3, 0.4) is 0 Å². The lowest BCUT2D eigenvalue weighted by Gasteiger charge is -2.20. The topological polar surface area (TPSA) is 134 Å². The second-order valence-electron chi connectivity index (χ2n) is 11.9. The van der Waals surface area contributed by atoms with Gasteiger partial charge in [-0.2, -0.15) is 0 Å². The first-order valence-electron chi connectivity index (χ1n) is 15.3. The first kappa shape index (κ1) is 32.9. The van der Waals surface area contributed by atoms with Crippen molar-refractivity contribution in [3.8, 4) is 0 Å². The Morgan fingerprint density at radius 2 is 0.957 bits per heavy atom. The molecule has 0 aliphatic rings. The summed E-state index contributed by atoms with van der Waals surface area (Å²) in [5, 5.41) is 0. The van der Waals surface area contributed by atoms with E-state index in [1.165, 1.54) is 14.2 Å². The van der Waals surface area contributed by atoms with Gasteiger partial charge < -0.3 is 24.4 Å². The molecular weight excluding hydrogens is 594 g/mol. The number of methoxy groups -OCH3 is 2. The number of esters is 2. The van der Waals surface area contributed by atoms with Crippen molar-refractivity contribution < 1.29 is 28.7 Å². The highest BCUT2D eigenvalue weighted by atomic mass is 16.5. The van der Waals surface area contributed by atoms with Gasteiger partial charge >= 0.3 is 11.9 Å². The van der Waals surface area contributed by atoms with Gasteiger partial charge in [-0.3, -0.25) is 9.59 Å². The van der Waals surface area contributed by atoms with Crippen molar-refractivity contribution in [2.75, 3.05) is 14.2 Å². The van der Waals surface area contributed by atoms with Crippen LogP contribution in [0.15, 0.2) is 60.7 Å². The van der Waals surface area contributed by atoms with Crippen LogP contribution in [0, 0.1) is 27.7 Å². The normalized spacial score (nSPS) is 12.4. The maximum Gasteiger partial charge on any atom is 0.337 e. The van der Waals surface area contributed by atoms with Crippen molar-refractivity contribution >= 4 is 23.5 Å². The fourth-order valence-corrected chi connectivity index (χ4v) is 6.88. The van der Waals surface area contributed by atoms with E-state index in [0.717, 1.165) is 56.4 Å². The minimum Gasteiger partial charge on any atom is -0.465 e. The number of rotatable bonds is 10. The fourth-order valence-electron chi connectivity index (χ4n) is 6.88. The van der Waals surface area contributed by atoms with Crippen LogP contribution in [0.1, 0.15) is 124 Å². The average molecular weight is 634 g/mol. The number of hydrogen-bond donors (Lipinski definition) is 3. The zero-order valence-corrected chi connectivity index (χ0v) is 27.9. The molecule has 0 spiro atoms. The molecule has 0 aliphatic carbocycles. The molecule has 0 aliphatic heterocycles. The fraction of sp³-hybridized carbons (Fsp3) is 0.263. The van der Waals surface area contributed by atoms with Gasteiger partial charge in [0.25, 0.3) is 0 Å². The third-order valence-corrected chi connectivity index (χ3v) is 8.87. The van der Waals surface area contributed by atoms with Crippen LogP contribution in [-0.4, -0.2) is 52.7 Å². The number of carbonyl (C=O) groups excluding carboxylic acids is 4. The Balaban J connectivity index is 1.75. The molecule has 0 bridgehead atoms. The predicted molar refractivity (Wildman–Crippen MR) is 179 cm³/mol. The highest BCUT2D eigenvalue weighted by molar-refractivity contribution is 5.98. The summed E-state index contributed by atoms with van der Waals surface area (Å²) in [4.78, 5) is 61.0. The van der Waals surface area contributed by atoms with Crippen molar-refractivity contribution in [2.24, 2.45) is 0 Å². The Bertz CT molecular complexity index is 1880. The maximum absolute atomic E-state index is 12.6. The van der Waals surface area contributed by atoms with E-state index in [4.69, 9.17) is 9.47 Å². The molecule has 2 aromatic carbocycles. The lowest BCUT2D eigenvalue weighted by Crippen LogP contribution is -2.11. The zero-order valence-electron chi connectivity index (χ0n) is 27.9. The summed E-state index contributed by atoms with van der Waals surface area (Å²) in [7, 11) is 2.69. The van der Waals surface area contributed by atoms with Crippen LogP contribution in [0.25, 0.3) is 0 Å². The molecule has 242 valence electrons. The molecule has 3 N–H and O–H groups in total. The van der Waals surface area contributed by atoms with Gasteiger partial charge in [0.05, 0.1) is 37.2 Å². The molecular formula is C38H39N3O6. The van der Waals surface area contributed by atoms with E-state index >= 15 is 0 Å². The number of aromatic nitrogens is 3. The number of carbonyl (C=O) groups is 4. The second-order valence-corrected chi connectivity index (χ2v) is 11.9. The van der Waals surface area contributed by atoms with E-state index in [0.29, 0.717) is 22.3 Å². The minimum absolute atomic E-state index is 0.0406. The van der Waals surface area contributed by atoms with E-state index in [1.807, 2.05) is 64.1 Å². The SMILES string of the molecule is COC(=O)c1cccc(C(c2ccc(C(c3cccc(C(=O)OC)c3)c3[nH]c(C)c(C(C)=O)c3C)[nH]2)c2[nH]c(C)c(C(C)=O)c2C)c1. The summed E-state index contributed by atoms with van der Waals surface area (Å²) in [5.41, 5.74) is 10.1. The maximum atomic E-state index is 12.6. The van der Waals surface area contributed by atoms with Crippen molar-refractivity contribution in [3.63, 3.8) is 0 Å². The molecule has 0 saturated heterocycles. The molecule has 9 nitrogen and oxygen atoms in total. The predicted octanol–water partition coefficient (Wildman–Crippen LogP) is 7.24. The number of ketones is 2. The number of aromatic amines is 3. The molecule has 3 heterocycles. The Hall–Kier alpha value is -5.44. The largest absolute Gasteiger partial charge is 0.465 e. The minimum atomic E-state index is -0.453. The Kier molecular flexibility index (Phi) is 9.19. The molecule has 0 fully saturated rings. The quantitative estimate of drug-likeness (QED) is 0.110. The molecule has 47 heavy (non-hydrogen) atoms. The lowest BCUT2D eigenvalue weighted by molar-refractivity contribution is 0.0591. The van der Waals surface area contributed by atoms with E-state index in [2.05, 4.69) is 15.0 Å². The monoisotopic (exact) mass is 633 g/mol. The van der Waals surface area contributed by atoms with Gasteiger partial charge in [0.2, 0.25) is 0 Å². The van der Waals surface area contributed by atoms with Gasteiger partial charge in [-0.25, -0.2) is 9.59 Å². The third-order valence-electron chi connectivity index (χ3n) is 8.87. The van der Waals surface area contributed by atoms with Gasteiger partial charge in [0.15, 0.2) is 11.6 Å². The first-order chi connectivity index (χ1) is 22.4. The number of H-pyrrole nitrogens is 3. The molecule has 0 amide bonds. The van der Waals surface area contributed by atoms with Crippen LogP contribution in [0.2, 0.25) is 0 Å². The highest BCUT2D eigenvalue weighted by Crippen LogP contribution is 2.40. The van der Waals surface area contributed by atoms with Crippen molar-refractivity contribution in [2.45, 2.75) is 53.4 Å². The molecule has 3 aromatic heterocycles. The Labute approximate surface area is 273 Å². The standard InChI is InChI=1S/C38H39N3O6/c1-19-31(23(5)42)21(3)39-35(19)33(25-11-9-13-27(17-25)37(44)46-7)29-15-16-30(41-29)34(26-12-10-14-28(18-26)38(45)47-8)36-20(2)32(24(6)43)22(4)40-36/h9-18,33-34,39-41H,1-8H3. The zero-order chi connectivity index (χ0) is 34.2. The molecule has 0 saturated carbocycles. The third kappa shape index (κ3) is 6.08. The molecule has 9 heteroatoms.